The molecule has 2 heterocycles. The van der Waals surface area contributed by atoms with E-state index in [-0.39, 0.29) is 17.9 Å². The number of rotatable bonds is 5. The molecule has 1 aliphatic heterocycles. The summed E-state index contributed by atoms with van der Waals surface area (Å²) in [7, 11) is 1.29. The molecule has 0 unspecified atom stereocenters. The summed E-state index contributed by atoms with van der Waals surface area (Å²) < 4.78 is 15.9. The lowest BCUT2D eigenvalue weighted by atomic mass is 10.0. The van der Waals surface area contributed by atoms with Gasteiger partial charge < -0.3 is 24.2 Å². The molecule has 0 saturated carbocycles. The highest BCUT2D eigenvalue weighted by atomic mass is 16.5. The second-order valence-corrected chi connectivity index (χ2v) is 7.04. The van der Waals surface area contributed by atoms with Crippen molar-refractivity contribution in [2.24, 2.45) is 0 Å². The number of fused-ring (bicyclic) bond motifs is 1. The van der Waals surface area contributed by atoms with Crippen LogP contribution in [-0.2, 0) is 20.7 Å². The number of carbonyl (C=O) groups excluding carboxylic acids is 2. The van der Waals surface area contributed by atoms with Gasteiger partial charge in [0.25, 0.3) is 5.91 Å². The van der Waals surface area contributed by atoms with Crippen LogP contribution in [0, 0.1) is 0 Å². The largest absolute Gasteiger partial charge is 0.505 e. The van der Waals surface area contributed by atoms with Crippen LogP contribution in [0.5, 0.6) is 17.2 Å². The maximum atomic E-state index is 13.0. The van der Waals surface area contributed by atoms with Gasteiger partial charge in [0, 0.05) is 23.9 Å². The van der Waals surface area contributed by atoms with E-state index in [4.69, 9.17) is 14.2 Å². The molecule has 1 saturated heterocycles. The molecule has 1 fully saturated rings. The monoisotopic (exact) mass is 422 g/mol. The zero-order chi connectivity index (χ0) is 21.8. The molecule has 8 heteroatoms. The third kappa shape index (κ3) is 4.44. The number of nitrogens with zero attached hydrogens (tertiary/aromatic N) is 2. The Hall–Kier alpha value is -3.65. The highest BCUT2D eigenvalue weighted by molar-refractivity contribution is 6.03. The van der Waals surface area contributed by atoms with E-state index < -0.39 is 11.9 Å². The number of carbonyl (C=O) groups is 2. The van der Waals surface area contributed by atoms with Crippen LogP contribution < -0.4 is 4.74 Å². The smallest absolute Gasteiger partial charge is 0.311 e. The molecular formula is C23H22N2O6. The number of hydrogen-bond donors (Lipinski definition) is 1. The maximum absolute atomic E-state index is 13.0. The number of para-hydroxylation sites is 1. The molecule has 1 N–H and O–H groups in total. The lowest BCUT2D eigenvalue weighted by Gasteiger charge is -2.27. The number of benzene rings is 2. The summed E-state index contributed by atoms with van der Waals surface area (Å²) in [5.41, 5.74) is 0.236. The van der Waals surface area contributed by atoms with Gasteiger partial charge in [-0.3, -0.25) is 9.59 Å². The van der Waals surface area contributed by atoms with Crippen molar-refractivity contribution >= 4 is 22.6 Å². The van der Waals surface area contributed by atoms with E-state index in [2.05, 4.69) is 4.98 Å². The van der Waals surface area contributed by atoms with Gasteiger partial charge in [-0.15, -0.1) is 0 Å². The van der Waals surface area contributed by atoms with E-state index in [0.717, 1.165) is 0 Å². The minimum atomic E-state index is -0.501. The summed E-state index contributed by atoms with van der Waals surface area (Å²) in [5.74, 6) is 0.0226. The summed E-state index contributed by atoms with van der Waals surface area (Å²) >= 11 is 0. The quantitative estimate of drug-likeness (QED) is 0.631. The molecule has 0 bridgehead atoms. The van der Waals surface area contributed by atoms with Gasteiger partial charge in [0.15, 0.2) is 11.4 Å². The fourth-order valence-electron chi connectivity index (χ4n) is 3.44. The van der Waals surface area contributed by atoms with Crippen LogP contribution in [0.2, 0.25) is 0 Å². The van der Waals surface area contributed by atoms with Crippen molar-refractivity contribution in [3.8, 4) is 17.2 Å². The topological polar surface area (TPSA) is 98.2 Å². The molecule has 0 radical (unpaired) electrons. The van der Waals surface area contributed by atoms with Gasteiger partial charge in [-0.25, -0.2) is 4.98 Å². The molecule has 160 valence electrons. The second-order valence-electron chi connectivity index (χ2n) is 7.04. The van der Waals surface area contributed by atoms with Crippen LogP contribution in [0.3, 0.4) is 0 Å². The zero-order valence-corrected chi connectivity index (χ0v) is 17.0. The fraction of sp³-hybridized carbons (Fsp3) is 0.261. The van der Waals surface area contributed by atoms with E-state index in [1.54, 1.807) is 23.1 Å². The molecule has 0 atom stereocenters. The molecule has 0 spiro atoms. The average Bonchev–Trinajstić information content (AvgIpc) is 2.81. The first-order valence-corrected chi connectivity index (χ1v) is 9.89. The fourth-order valence-corrected chi connectivity index (χ4v) is 3.44. The molecular weight excluding hydrogens is 400 g/mol. The molecule has 8 nitrogen and oxygen atoms in total. The molecule has 3 aromatic rings. The SMILES string of the molecule is COC(=O)Cc1nc(C(=O)N2CCOCC2)c(O)c2ccc(Oc3ccccc3)cc12. The number of amides is 1. The number of aromatic nitrogens is 1. The molecule has 0 aliphatic carbocycles. The first kappa shape index (κ1) is 20.6. The lowest BCUT2D eigenvalue weighted by Crippen LogP contribution is -2.41. The Bertz CT molecular complexity index is 1110. The number of esters is 1. The Morgan fingerprint density at radius 2 is 1.81 bits per heavy atom. The Labute approximate surface area is 179 Å². The molecule has 31 heavy (non-hydrogen) atoms. The third-order valence-corrected chi connectivity index (χ3v) is 5.05. The first-order valence-electron chi connectivity index (χ1n) is 9.89. The summed E-state index contributed by atoms with van der Waals surface area (Å²) in [6.45, 7) is 1.67. The van der Waals surface area contributed by atoms with Gasteiger partial charge in [-0.1, -0.05) is 18.2 Å². The number of ether oxygens (including phenoxy) is 3. The van der Waals surface area contributed by atoms with Gasteiger partial charge in [0.2, 0.25) is 0 Å². The van der Waals surface area contributed by atoms with Gasteiger partial charge in [0.1, 0.15) is 11.5 Å². The van der Waals surface area contributed by atoms with Crippen LogP contribution in [-0.4, -0.2) is 60.3 Å². The van der Waals surface area contributed by atoms with Gasteiger partial charge in [-0.2, -0.15) is 0 Å². The van der Waals surface area contributed by atoms with Gasteiger partial charge in [-0.05, 0) is 30.3 Å². The third-order valence-electron chi connectivity index (χ3n) is 5.05. The van der Waals surface area contributed by atoms with Crippen LogP contribution in [0.25, 0.3) is 10.8 Å². The van der Waals surface area contributed by atoms with Crippen molar-refractivity contribution in [2.75, 3.05) is 33.4 Å². The second kappa shape index (κ2) is 9.01. The predicted octanol–water partition coefficient (Wildman–Crippen LogP) is 2.92. The van der Waals surface area contributed by atoms with Gasteiger partial charge >= 0.3 is 5.97 Å². The highest BCUT2D eigenvalue weighted by Gasteiger charge is 2.26. The normalized spacial score (nSPS) is 13.8. The van der Waals surface area contributed by atoms with Crippen LogP contribution in [0.4, 0.5) is 0 Å². The van der Waals surface area contributed by atoms with Crippen molar-refractivity contribution in [3.63, 3.8) is 0 Å². The summed E-state index contributed by atoms with van der Waals surface area (Å²) in [6, 6.07) is 14.3. The molecule has 4 rings (SSSR count). The van der Waals surface area contributed by atoms with E-state index in [0.29, 0.717) is 54.3 Å². The van der Waals surface area contributed by atoms with Crippen molar-refractivity contribution in [2.45, 2.75) is 6.42 Å². The van der Waals surface area contributed by atoms with Crippen molar-refractivity contribution in [1.29, 1.82) is 0 Å². The van der Waals surface area contributed by atoms with E-state index in [9.17, 15) is 14.7 Å². The van der Waals surface area contributed by atoms with Crippen LogP contribution >= 0.6 is 0 Å². The first-order chi connectivity index (χ1) is 15.1. The highest BCUT2D eigenvalue weighted by Crippen LogP contribution is 2.34. The van der Waals surface area contributed by atoms with E-state index in [1.807, 2.05) is 30.3 Å². The van der Waals surface area contributed by atoms with Crippen LogP contribution in [0.1, 0.15) is 16.2 Å². The number of methoxy groups -OCH3 is 1. The van der Waals surface area contributed by atoms with E-state index in [1.165, 1.54) is 7.11 Å². The van der Waals surface area contributed by atoms with E-state index >= 15 is 0 Å². The van der Waals surface area contributed by atoms with Crippen molar-refractivity contribution in [1.82, 2.24) is 9.88 Å². The number of pyridine rings is 1. The Balaban J connectivity index is 1.78. The average molecular weight is 422 g/mol. The Morgan fingerprint density at radius 1 is 1.06 bits per heavy atom. The lowest BCUT2D eigenvalue weighted by molar-refractivity contribution is -0.139. The number of hydrogen-bond acceptors (Lipinski definition) is 7. The standard InChI is InChI=1S/C23H22N2O6/c1-29-20(26)14-19-18-13-16(31-15-5-3-2-4-6-15)7-8-17(18)22(27)21(24-19)23(28)25-9-11-30-12-10-25/h2-8,13,27H,9-12,14H2,1H3. The molecule has 1 aliphatic rings. The Morgan fingerprint density at radius 3 is 2.52 bits per heavy atom. The Kier molecular flexibility index (Phi) is 5.99. The summed E-state index contributed by atoms with van der Waals surface area (Å²) in [6.07, 6.45) is -0.147. The number of aromatic hydroxyl groups is 1. The van der Waals surface area contributed by atoms with Crippen molar-refractivity contribution in [3.05, 3.63) is 59.9 Å². The maximum Gasteiger partial charge on any atom is 0.311 e. The molecule has 1 aromatic heterocycles. The summed E-state index contributed by atoms with van der Waals surface area (Å²) in [4.78, 5) is 30.9. The zero-order valence-electron chi connectivity index (χ0n) is 17.0. The van der Waals surface area contributed by atoms with Crippen LogP contribution in [0.15, 0.2) is 48.5 Å². The number of morpholine rings is 1. The molecule has 2 aromatic carbocycles. The molecule has 1 amide bonds. The van der Waals surface area contributed by atoms with Crippen molar-refractivity contribution < 1.29 is 28.9 Å². The predicted molar refractivity (Wildman–Crippen MR) is 112 cm³/mol. The van der Waals surface area contributed by atoms with Gasteiger partial charge in [0.05, 0.1) is 32.4 Å². The summed E-state index contributed by atoms with van der Waals surface area (Å²) in [5, 5.41) is 11.8. The minimum absolute atomic E-state index is 0.0926. The minimum Gasteiger partial charge on any atom is -0.505 e.